The predicted molar refractivity (Wildman–Crippen MR) is 85.3 cm³/mol. The number of halogens is 1. The quantitative estimate of drug-likeness (QED) is 0.667. The first-order valence-corrected chi connectivity index (χ1v) is 8.41. The van der Waals surface area contributed by atoms with E-state index in [9.17, 15) is 14.0 Å². The van der Waals surface area contributed by atoms with E-state index in [4.69, 9.17) is 0 Å². The van der Waals surface area contributed by atoms with Crippen LogP contribution >= 0.6 is 0 Å². The largest absolute Gasteiger partial charge is 0.299 e. The van der Waals surface area contributed by atoms with E-state index < -0.39 is 0 Å². The zero-order valence-electron chi connectivity index (χ0n) is 13.3. The molecule has 0 atom stereocenters. The van der Waals surface area contributed by atoms with Gasteiger partial charge in [0.2, 0.25) is 0 Å². The first-order valence-electron chi connectivity index (χ1n) is 8.41. The van der Waals surface area contributed by atoms with Gasteiger partial charge in [-0.25, -0.2) is 4.39 Å². The second kappa shape index (κ2) is 8.21. The van der Waals surface area contributed by atoms with Crippen molar-refractivity contribution in [1.82, 2.24) is 0 Å². The molecule has 1 aromatic rings. The summed E-state index contributed by atoms with van der Waals surface area (Å²) < 4.78 is 12.9. The third kappa shape index (κ3) is 4.75. The van der Waals surface area contributed by atoms with Crippen LogP contribution in [0.5, 0.6) is 0 Å². The van der Waals surface area contributed by atoms with Crippen molar-refractivity contribution in [3.63, 3.8) is 0 Å². The summed E-state index contributed by atoms with van der Waals surface area (Å²) in [6, 6.07) is 5.77. The summed E-state index contributed by atoms with van der Waals surface area (Å²) in [5.41, 5.74) is 0.586. The summed E-state index contributed by atoms with van der Waals surface area (Å²) >= 11 is 0. The highest BCUT2D eigenvalue weighted by Crippen LogP contribution is 2.33. The molecule has 22 heavy (non-hydrogen) atoms. The van der Waals surface area contributed by atoms with Crippen molar-refractivity contribution in [3.05, 3.63) is 35.6 Å². The van der Waals surface area contributed by atoms with Crippen LogP contribution in [0.3, 0.4) is 0 Å². The number of ketones is 2. The van der Waals surface area contributed by atoms with E-state index in [0.717, 1.165) is 38.5 Å². The zero-order valence-corrected chi connectivity index (χ0v) is 13.3. The van der Waals surface area contributed by atoms with Crippen LogP contribution in [0.2, 0.25) is 0 Å². The van der Waals surface area contributed by atoms with E-state index in [-0.39, 0.29) is 17.5 Å². The lowest BCUT2D eigenvalue weighted by atomic mass is 9.77. The smallest absolute Gasteiger partial charge is 0.163 e. The average Bonchev–Trinajstić information content (AvgIpc) is 2.54. The van der Waals surface area contributed by atoms with Gasteiger partial charge in [0.15, 0.2) is 5.78 Å². The average molecular weight is 304 g/mol. The summed E-state index contributed by atoms with van der Waals surface area (Å²) in [7, 11) is 0. The molecule has 3 heteroatoms. The van der Waals surface area contributed by atoms with Gasteiger partial charge in [-0.3, -0.25) is 9.59 Å². The second-order valence-electron chi connectivity index (χ2n) is 6.42. The van der Waals surface area contributed by atoms with Crippen molar-refractivity contribution in [2.45, 2.75) is 58.3 Å². The molecular weight excluding hydrogens is 279 g/mol. The minimum Gasteiger partial charge on any atom is -0.299 e. The van der Waals surface area contributed by atoms with E-state index in [0.29, 0.717) is 30.1 Å². The number of carbonyl (C=O) groups excluding carboxylic acids is 2. The van der Waals surface area contributed by atoms with Crippen LogP contribution in [0.4, 0.5) is 4.39 Å². The molecule has 0 amide bonds. The molecule has 0 aromatic heterocycles. The maximum Gasteiger partial charge on any atom is 0.163 e. The van der Waals surface area contributed by atoms with Crippen molar-refractivity contribution >= 4 is 11.6 Å². The highest BCUT2D eigenvalue weighted by atomic mass is 19.1. The van der Waals surface area contributed by atoms with Crippen LogP contribution in [0, 0.1) is 17.7 Å². The third-order valence-electron chi connectivity index (χ3n) is 4.72. The van der Waals surface area contributed by atoms with Gasteiger partial charge in [0.25, 0.3) is 0 Å². The molecule has 1 aromatic carbocycles. The molecule has 0 heterocycles. The summed E-state index contributed by atoms with van der Waals surface area (Å²) in [5.74, 6) is 0.755. The first-order chi connectivity index (χ1) is 10.6. The fraction of sp³-hybridized carbons (Fsp3) is 0.579. The molecule has 1 aliphatic rings. The number of rotatable bonds is 7. The first kappa shape index (κ1) is 16.9. The number of unbranched alkanes of at least 4 members (excludes halogenated alkanes) is 1. The minimum absolute atomic E-state index is 0.0840. The maximum atomic E-state index is 12.9. The fourth-order valence-corrected chi connectivity index (χ4v) is 3.26. The van der Waals surface area contributed by atoms with Crippen LogP contribution in [-0.4, -0.2) is 11.6 Å². The highest BCUT2D eigenvalue weighted by Gasteiger charge is 2.27. The lowest BCUT2D eigenvalue weighted by Gasteiger charge is -2.27. The summed E-state index contributed by atoms with van der Waals surface area (Å²) in [4.78, 5) is 24.2. The van der Waals surface area contributed by atoms with Gasteiger partial charge in [0, 0.05) is 24.3 Å². The Bertz CT molecular complexity index is 499. The molecule has 0 unspecified atom stereocenters. The normalized spacial score (nSPS) is 21.5. The molecule has 0 saturated heterocycles. The molecule has 0 radical (unpaired) electrons. The van der Waals surface area contributed by atoms with Gasteiger partial charge in [-0.2, -0.15) is 0 Å². The van der Waals surface area contributed by atoms with Gasteiger partial charge in [-0.15, -0.1) is 0 Å². The van der Waals surface area contributed by atoms with Crippen LogP contribution < -0.4 is 0 Å². The highest BCUT2D eigenvalue weighted by molar-refractivity contribution is 5.96. The summed E-state index contributed by atoms with van der Waals surface area (Å²) in [6.07, 6.45) is 7.02. The van der Waals surface area contributed by atoms with E-state index in [1.807, 2.05) is 0 Å². The number of Topliss-reactive ketones (excluding diaryl/α,β-unsaturated/α-hetero) is 2. The van der Waals surface area contributed by atoms with E-state index in [1.54, 1.807) is 12.1 Å². The predicted octanol–water partition coefficient (Wildman–Crippen LogP) is 4.96. The molecule has 0 spiro atoms. The molecule has 0 N–H and O–H groups in total. The molecule has 120 valence electrons. The van der Waals surface area contributed by atoms with Gasteiger partial charge < -0.3 is 0 Å². The monoisotopic (exact) mass is 304 g/mol. The molecule has 1 aliphatic carbocycles. The minimum atomic E-state index is -0.317. The van der Waals surface area contributed by atoms with Crippen molar-refractivity contribution in [2.75, 3.05) is 0 Å². The van der Waals surface area contributed by atoms with Crippen molar-refractivity contribution in [3.8, 4) is 0 Å². The van der Waals surface area contributed by atoms with Gasteiger partial charge in [-0.05, 0) is 62.3 Å². The Balaban J connectivity index is 1.78. The standard InChI is InChI=1S/C19H25FO2/c1-2-3-4-18(21)15-7-5-14(6-8-15)13-19(22)16-9-11-17(20)12-10-16/h9-12,14-15H,2-8,13H2,1H3/t14-,15-. The Kier molecular flexibility index (Phi) is 6.29. The summed E-state index contributed by atoms with van der Waals surface area (Å²) in [6.45, 7) is 2.10. The second-order valence-corrected chi connectivity index (χ2v) is 6.42. The summed E-state index contributed by atoms with van der Waals surface area (Å²) in [5, 5.41) is 0. The molecule has 2 nitrogen and oxygen atoms in total. The van der Waals surface area contributed by atoms with E-state index in [1.165, 1.54) is 12.1 Å². The molecule has 1 fully saturated rings. The topological polar surface area (TPSA) is 34.1 Å². The van der Waals surface area contributed by atoms with Gasteiger partial charge in [-0.1, -0.05) is 13.3 Å². The Morgan fingerprint density at radius 1 is 1.09 bits per heavy atom. The Hall–Kier alpha value is -1.51. The number of benzene rings is 1. The lowest BCUT2D eigenvalue weighted by molar-refractivity contribution is -0.124. The number of carbonyl (C=O) groups is 2. The van der Waals surface area contributed by atoms with Crippen LogP contribution in [0.25, 0.3) is 0 Å². The van der Waals surface area contributed by atoms with Crippen LogP contribution in [0.1, 0.15) is 68.6 Å². The fourth-order valence-electron chi connectivity index (χ4n) is 3.26. The van der Waals surface area contributed by atoms with Crippen LogP contribution in [-0.2, 0) is 4.79 Å². The Morgan fingerprint density at radius 2 is 1.73 bits per heavy atom. The SMILES string of the molecule is CCCCC(=O)[C@H]1CC[C@H](CC(=O)c2ccc(F)cc2)CC1. The number of hydrogen-bond acceptors (Lipinski definition) is 2. The Labute approximate surface area is 132 Å². The number of hydrogen-bond donors (Lipinski definition) is 0. The van der Waals surface area contributed by atoms with Gasteiger partial charge in [0.1, 0.15) is 11.6 Å². The third-order valence-corrected chi connectivity index (χ3v) is 4.72. The van der Waals surface area contributed by atoms with Gasteiger partial charge >= 0.3 is 0 Å². The van der Waals surface area contributed by atoms with E-state index >= 15 is 0 Å². The maximum absolute atomic E-state index is 12.9. The molecule has 1 saturated carbocycles. The van der Waals surface area contributed by atoms with Crippen molar-refractivity contribution in [2.24, 2.45) is 11.8 Å². The molecule has 0 bridgehead atoms. The van der Waals surface area contributed by atoms with Crippen LogP contribution in [0.15, 0.2) is 24.3 Å². The van der Waals surface area contributed by atoms with Crippen molar-refractivity contribution in [1.29, 1.82) is 0 Å². The lowest BCUT2D eigenvalue weighted by Crippen LogP contribution is -2.23. The van der Waals surface area contributed by atoms with Crippen molar-refractivity contribution < 1.29 is 14.0 Å². The molecular formula is C19H25FO2. The molecule has 0 aliphatic heterocycles. The Morgan fingerprint density at radius 3 is 2.32 bits per heavy atom. The zero-order chi connectivity index (χ0) is 15.9. The van der Waals surface area contributed by atoms with Gasteiger partial charge in [0.05, 0.1) is 0 Å². The molecule has 2 rings (SSSR count). The van der Waals surface area contributed by atoms with E-state index in [2.05, 4.69) is 6.92 Å².